The highest BCUT2D eigenvalue weighted by Crippen LogP contribution is 2.37. The van der Waals surface area contributed by atoms with Crippen molar-refractivity contribution in [2.24, 2.45) is 0 Å². The molecule has 0 spiro atoms. The number of pyridine rings is 2. The van der Waals surface area contributed by atoms with Gasteiger partial charge in [0, 0.05) is 85.4 Å². The van der Waals surface area contributed by atoms with Crippen LogP contribution >= 0.6 is 31.9 Å². The Bertz CT molecular complexity index is 2400. The Balaban J connectivity index is 1.18. The third-order valence-corrected chi connectivity index (χ3v) is 11.3. The molecule has 14 heteroatoms. The molecule has 0 radical (unpaired) electrons. The van der Waals surface area contributed by atoms with E-state index in [4.69, 9.17) is 18.9 Å². The van der Waals surface area contributed by atoms with Crippen molar-refractivity contribution in [3.05, 3.63) is 162 Å². The smallest absolute Gasteiger partial charge is 0.137 e. The summed E-state index contributed by atoms with van der Waals surface area (Å²) in [4.78, 5) is 8.30. The molecule has 0 amide bonds. The fourth-order valence-electron chi connectivity index (χ4n) is 6.67. The molecule has 0 unspecified atom stereocenters. The van der Waals surface area contributed by atoms with Gasteiger partial charge in [-0.2, -0.15) is 10.5 Å². The van der Waals surface area contributed by atoms with Crippen molar-refractivity contribution >= 4 is 31.9 Å². The molecule has 4 aromatic carbocycles. The average Bonchev–Trinajstić information content (AvgIpc) is 3.29. The van der Waals surface area contributed by atoms with Gasteiger partial charge in [-0.05, 0) is 103 Å². The maximum absolute atomic E-state index is 9.33. The van der Waals surface area contributed by atoms with Crippen molar-refractivity contribution in [1.29, 1.82) is 10.5 Å². The Labute approximate surface area is 378 Å². The van der Waals surface area contributed by atoms with Gasteiger partial charge >= 0.3 is 0 Å². The van der Waals surface area contributed by atoms with Crippen LogP contribution in [0.1, 0.15) is 55.6 Å². The number of nitrogens with zero attached hydrogens (tertiary/aromatic N) is 4. The summed E-state index contributed by atoms with van der Waals surface area (Å²) in [5.41, 5.74) is 10.6. The number of aliphatic hydroxyl groups excluding tert-OH is 2. The van der Waals surface area contributed by atoms with Gasteiger partial charge in [-0.25, -0.2) is 0 Å². The summed E-state index contributed by atoms with van der Waals surface area (Å²) >= 11 is 7.39. The minimum Gasteiger partial charge on any atom is -0.488 e. The van der Waals surface area contributed by atoms with Gasteiger partial charge < -0.3 is 39.8 Å². The summed E-state index contributed by atoms with van der Waals surface area (Å²) in [6.45, 7) is 7.06. The molecule has 12 nitrogen and oxygen atoms in total. The van der Waals surface area contributed by atoms with Crippen LogP contribution in [-0.4, -0.2) is 46.5 Å². The quantitative estimate of drug-likeness (QED) is 0.0508. The van der Waals surface area contributed by atoms with Gasteiger partial charge in [-0.15, -0.1) is 0 Å². The predicted octanol–water partition coefficient (Wildman–Crippen LogP) is 8.51. The van der Waals surface area contributed by atoms with Crippen LogP contribution < -0.4 is 29.6 Å². The fraction of sp³-hybridized carbons (Fsp3) is 0.250. The number of halogens is 2. The third-order valence-electron chi connectivity index (χ3n) is 10.0. The molecule has 4 N–H and O–H groups in total. The number of nitriles is 2. The first-order valence-electron chi connectivity index (χ1n) is 19.9. The van der Waals surface area contributed by atoms with E-state index in [9.17, 15) is 20.7 Å². The number of aliphatic hydroxyl groups is 2. The van der Waals surface area contributed by atoms with Gasteiger partial charge in [0.1, 0.15) is 61.6 Å². The van der Waals surface area contributed by atoms with Crippen LogP contribution in [0, 0.1) is 36.5 Å². The zero-order valence-corrected chi connectivity index (χ0v) is 37.6. The molecule has 2 aromatic heterocycles. The fourth-order valence-corrected chi connectivity index (χ4v) is 7.68. The van der Waals surface area contributed by atoms with Crippen LogP contribution in [0.3, 0.4) is 0 Å². The number of benzene rings is 4. The molecule has 62 heavy (non-hydrogen) atoms. The van der Waals surface area contributed by atoms with E-state index in [1.54, 1.807) is 24.5 Å². The standard InChI is InChI=1S/C48H46Br2N6O6/c1-31-37(29-61-47-17-45(39(15-43(47)49)25-53-9-11-57)59-27-35-13-33(19-51)21-55-23-35)5-3-7-41(31)42-8-4-6-38(32(42)2)30-62-48-18-46(40(16-44(48)50)26-54-10-12-58)60-28-36-14-34(20-52)22-56-24-36/h3-8,13-18,21-24,53-54,57-58H,9-12,25-30H2,1-2H3. The zero-order valence-electron chi connectivity index (χ0n) is 34.4. The molecule has 0 fully saturated rings. The molecule has 2 heterocycles. The lowest BCUT2D eigenvalue weighted by molar-refractivity contribution is 0.281. The second-order valence-corrected chi connectivity index (χ2v) is 16.0. The molecular weight excluding hydrogens is 916 g/mol. The van der Waals surface area contributed by atoms with Gasteiger partial charge in [-0.1, -0.05) is 36.4 Å². The van der Waals surface area contributed by atoms with E-state index in [-0.39, 0.29) is 26.4 Å². The Hall–Kier alpha value is -5.84. The maximum Gasteiger partial charge on any atom is 0.137 e. The molecule has 6 aromatic rings. The minimum atomic E-state index is 0.0118. The second kappa shape index (κ2) is 22.8. The largest absolute Gasteiger partial charge is 0.488 e. The van der Waals surface area contributed by atoms with Crippen LogP contribution in [0.5, 0.6) is 23.0 Å². The molecule has 0 saturated heterocycles. The Kier molecular flexibility index (Phi) is 16.8. The maximum atomic E-state index is 9.33. The lowest BCUT2D eigenvalue weighted by atomic mass is 9.92. The SMILES string of the molecule is Cc1c(COc2cc(OCc3cncc(C#N)c3)c(CNCCO)cc2Br)cccc1-c1cccc(COc2cc(OCc3cncc(C#N)c3)c(CNCCO)cc2Br)c1C. The first-order chi connectivity index (χ1) is 30.2. The van der Waals surface area contributed by atoms with Crippen molar-refractivity contribution in [2.45, 2.75) is 53.4 Å². The van der Waals surface area contributed by atoms with E-state index in [1.165, 1.54) is 12.4 Å². The van der Waals surface area contributed by atoms with E-state index in [2.05, 4.69) is 103 Å². The molecule has 0 aliphatic rings. The Morgan fingerprint density at radius 1 is 0.548 bits per heavy atom. The average molecular weight is 963 g/mol. The molecule has 0 aliphatic heterocycles. The summed E-state index contributed by atoms with van der Waals surface area (Å²) in [6.07, 6.45) is 6.37. The second-order valence-electron chi connectivity index (χ2n) is 14.3. The number of aromatic nitrogens is 2. The predicted molar refractivity (Wildman–Crippen MR) is 242 cm³/mol. The monoisotopic (exact) mass is 960 g/mol. The van der Waals surface area contributed by atoms with Gasteiger partial charge in [0.05, 0.1) is 33.3 Å². The van der Waals surface area contributed by atoms with Crippen molar-refractivity contribution < 1.29 is 29.2 Å². The van der Waals surface area contributed by atoms with E-state index < -0.39 is 0 Å². The minimum absolute atomic E-state index is 0.0118. The molecule has 318 valence electrons. The van der Waals surface area contributed by atoms with E-state index >= 15 is 0 Å². The molecule has 0 atom stereocenters. The number of hydrogen-bond donors (Lipinski definition) is 4. The first kappa shape index (κ1) is 45.7. The molecule has 0 saturated carbocycles. The molecule has 6 rings (SSSR count). The summed E-state index contributed by atoms with van der Waals surface area (Å²) in [6, 6.07) is 27.8. The van der Waals surface area contributed by atoms with Gasteiger partial charge in [0.15, 0.2) is 0 Å². The van der Waals surface area contributed by atoms with Crippen LogP contribution in [0.2, 0.25) is 0 Å². The number of rotatable bonds is 21. The highest BCUT2D eigenvalue weighted by atomic mass is 79.9. The first-order valence-corrected chi connectivity index (χ1v) is 21.4. The zero-order chi connectivity index (χ0) is 43.8. The molecule has 0 bridgehead atoms. The lowest BCUT2D eigenvalue weighted by Crippen LogP contribution is -2.18. The van der Waals surface area contributed by atoms with Crippen LogP contribution in [0.4, 0.5) is 0 Å². The van der Waals surface area contributed by atoms with Crippen LogP contribution in [0.15, 0.2) is 107 Å². The number of ether oxygens (including phenoxy) is 4. The van der Waals surface area contributed by atoms with Crippen LogP contribution in [0.25, 0.3) is 11.1 Å². The highest BCUT2D eigenvalue weighted by Gasteiger charge is 2.17. The highest BCUT2D eigenvalue weighted by molar-refractivity contribution is 9.11. The topological polar surface area (TPSA) is 175 Å². The Morgan fingerprint density at radius 3 is 1.37 bits per heavy atom. The van der Waals surface area contributed by atoms with Crippen LogP contribution in [-0.2, 0) is 39.5 Å². The lowest BCUT2D eigenvalue weighted by Gasteiger charge is -2.19. The summed E-state index contributed by atoms with van der Waals surface area (Å²) in [7, 11) is 0. The normalized spacial score (nSPS) is 10.8. The van der Waals surface area contributed by atoms with Crippen molar-refractivity contribution in [1.82, 2.24) is 20.6 Å². The van der Waals surface area contributed by atoms with Gasteiger partial charge in [-0.3, -0.25) is 9.97 Å². The van der Waals surface area contributed by atoms with E-state index in [1.807, 2.05) is 36.4 Å². The molecule has 0 aliphatic carbocycles. The van der Waals surface area contributed by atoms with Crippen molar-refractivity contribution in [2.75, 3.05) is 26.3 Å². The van der Waals surface area contributed by atoms with E-state index in [0.29, 0.717) is 73.5 Å². The van der Waals surface area contributed by atoms with Crippen molar-refractivity contribution in [3.63, 3.8) is 0 Å². The summed E-state index contributed by atoms with van der Waals surface area (Å²) < 4.78 is 26.9. The Morgan fingerprint density at radius 2 is 0.968 bits per heavy atom. The summed E-state index contributed by atoms with van der Waals surface area (Å²) in [5, 5.41) is 43.7. The van der Waals surface area contributed by atoms with E-state index in [0.717, 1.165) is 64.6 Å². The number of hydrogen-bond acceptors (Lipinski definition) is 12. The number of nitrogens with one attached hydrogen (secondary N) is 2. The molecular formula is C48H46Br2N6O6. The van der Waals surface area contributed by atoms with Crippen molar-refractivity contribution in [3.8, 4) is 46.3 Å². The summed E-state index contributed by atoms with van der Waals surface area (Å²) in [5.74, 6) is 2.43. The van der Waals surface area contributed by atoms with Gasteiger partial charge in [0.2, 0.25) is 0 Å². The third kappa shape index (κ3) is 12.2. The van der Waals surface area contributed by atoms with Gasteiger partial charge in [0.25, 0.3) is 0 Å².